The largest absolute Gasteiger partial charge is 0.490 e. The van der Waals surface area contributed by atoms with Crippen molar-refractivity contribution in [2.24, 2.45) is 0 Å². The standard InChI is InChI=1S/C20H28N2O4/c1-5-24-18-11-15(12-21-13-16-7-6-10-25-16)8-9-17(18)26-14-19(23)22-20(2,3)4/h6-11,21H,5,12-14H2,1-4H3,(H,22,23)/p+1. The Balaban J connectivity index is 1.93. The molecule has 0 saturated carbocycles. The predicted octanol–water partition coefficient (Wildman–Crippen LogP) is 2.24. The summed E-state index contributed by atoms with van der Waals surface area (Å²) < 4.78 is 16.7. The molecule has 0 radical (unpaired) electrons. The first-order valence-electron chi connectivity index (χ1n) is 8.91. The minimum Gasteiger partial charge on any atom is -0.490 e. The summed E-state index contributed by atoms with van der Waals surface area (Å²) in [6, 6.07) is 9.64. The summed E-state index contributed by atoms with van der Waals surface area (Å²) >= 11 is 0. The molecular formula is C20H29N2O4+. The van der Waals surface area contributed by atoms with Crippen molar-refractivity contribution in [2.45, 2.75) is 46.3 Å². The molecule has 1 heterocycles. The lowest BCUT2D eigenvalue weighted by atomic mass is 10.1. The van der Waals surface area contributed by atoms with Gasteiger partial charge in [0, 0.05) is 11.1 Å². The number of nitrogens with one attached hydrogen (secondary N) is 1. The lowest BCUT2D eigenvalue weighted by molar-refractivity contribution is -0.688. The average Bonchev–Trinajstić information content (AvgIpc) is 3.06. The SMILES string of the molecule is CCOc1cc(C[NH2+]Cc2ccco2)ccc1OCC(=O)NC(C)(C)C. The highest BCUT2D eigenvalue weighted by atomic mass is 16.5. The van der Waals surface area contributed by atoms with Crippen molar-refractivity contribution in [3.63, 3.8) is 0 Å². The fraction of sp³-hybridized carbons (Fsp3) is 0.450. The van der Waals surface area contributed by atoms with Crippen molar-refractivity contribution in [3.8, 4) is 11.5 Å². The number of rotatable bonds is 9. The molecule has 0 aliphatic rings. The number of carbonyl (C=O) groups excluding carboxylic acids is 1. The number of benzene rings is 1. The van der Waals surface area contributed by atoms with E-state index < -0.39 is 0 Å². The lowest BCUT2D eigenvalue weighted by Gasteiger charge is -2.20. The molecule has 3 N–H and O–H groups in total. The smallest absolute Gasteiger partial charge is 0.258 e. The van der Waals surface area contributed by atoms with Crippen LogP contribution >= 0.6 is 0 Å². The van der Waals surface area contributed by atoms with Crippen molar-refractivity contribution >= 4 is 5.91 Å². The van der Waals surface area contributed by atoms with Crippen molar-refractivity contribution in [3.05, 3.63) is 47.9 Å². The van der Waals surface area contributed by atoms with E-state index in [1.54, 1.807) is 6.26 Å². The van der Waals surface area contributed by atoms with Crippen molar-refractivity contribution < 1.29 is 24.0 Å². The van der Waals surface area contributed by atoms with E-state index >= 15 is 0 Å². The maximum atomic E-state index is 11.9. The maximum Gasteiger partial charge on any atom is 0.258 e. The van der Waals surface area contributed by atoms with Gasteiger partial charge in [-0.05, 0) is 58.0 Å². The van der Waals surface area contributed by atoms with E-state index in [4.69, 9.17) is 13.9 Å². The monoisotopic (exact) mass is 361 g/mol. The molecule has 0 bridgehead atoms. The highest BCUT2D eigenvalue weighted by Gasteiger charge is 2.15. The van der Waals surface area contributed by atoms with Crippen LogP contribution < -0.4 is 20.1 Å². The van der Waals surface area contributed by atoms with Gasteiger partial charge < -0.3 is 24.5 Å². The van der Waals surface area contributed by atoms with Crippen LogP contribution in [-0.4, -0.2) is 24.7 Å². The Morgan fingerprint density at radius 3 is 2.62 bits per heavy atom. The van der Waals surface area contributed by atoms with Crippen molar-refractivity contribution in [2.75, 3.05) is 13.2 Å². The van der Waals surface area contributed by atoms with Crippen LogP contribution in [0.15, 0.2) is 41.0 Å². The Labute approximate surface area is 154 Å². The second kappa shape index (κ2) is 9.29. The van der Waals surface area contributed by atoms with E-state index in [1.165, 1.54) is 0 Å². The van der Waals surface area contributed by atoms with Gasteiger partial charge in [-0.15, -0.1) is 0 Å². The van der Waals surface area contributed by atoms with Crippen LogP contribution in [0, 0.1) is 0 Å². The van der Waals surface area contributed by atoms with E-state index in [1.807, 2.05) is 58.0 Å². The number of hydrogen-bond donors (Lipinski definition) is 2. The molecule has 0 saturated heterocycles. The maximum absolute atomic E-state index is 11.9. The van der Waals surface area contributed by atoms with Crippen LogP contribution in [0.25, 0.3) is 0 Å². The molecule has 0 aliphatic carbocycles. The first-order valence-corrected chi connectivity index (χ1v) is 8.91. The molecule has 0 unspecified atom stereocenters. The Bertz CT molecular complexity index is 690. The summed E-state index contributed by atoms with van der Waals surface area (Å²) in [5, 5.41) is 5.03. The van der Waals surface area contributed by atoms with E-state index in [2.05, 4.69) is 10.6 Å². The Morgan fingerprint density at radius 2 is 1.96 bits per heavy atom. The zero-order valence-electron chi connectivity index (χ0n) is 16.0. The third-order valence-corrected chi connectivity index (χ3v) is 3.49. The third kappa shape index (κ3) is 6.80. The van der Waals surface area contributed by atoms with Crippen LogP contribution in [-0.2, 0) is 17.9 Å². The van der Waals surface area contributed by atoms with E-state index in [-0.39, 0.29) is 18.1 Å². The third-order valence-electron chi connectivity index (χ3n) is 3.49. The van der Waals surface area contributed by atoms with Crippen LogP contribution in [0.4, 0.5) is 0 Å². The Morgan fingerprint density at radius 1 is 1.15 bits per heavy atom. The molecule has 2 rings (SSSR count). The molecule has 26 heavy (non-hydrogen) atoms. The number of ether oxygens (including phenoxy) is 2. The number of furan rings is 1. The van der Waals surface area contributed by atoms with Crippen LogP contribution in [0.5, 0.6) is 11.5 Å². The van der Waals surface area contributed by atoms with E-state index in [0.717, 1.165) is 24.4 Å². The van der Waals surface area contributed by atoms with Gasteiger partial charge >= 0.3 is 0 Å². The van der Waals surface area contributed by atoms with Gasteiger partial charge in [-0.2, -0.15) is 0 Å². The fourth-order valence-electron chi connectivity index (χ4n) is 2.47. The number of nitrogens with two attached hydrogens (primary N) is 1. The zero-order valence-corrected chi connectivity index (χ0v) is 16.0. The molecule has 2 aromatic rings. The average molecular weight is 361 g/mol. The zero-order chi connectivity index (χ0) is 19.0. The van der Waals surface area contributed by atoms with Crippen LogP contribution in [0.2, 0.25) is 0 Å². The molecule has 1 amide bonds. The quantitative estimate of drug-likeness (QED) is 0.718. The molecule has 142 valence electrons. The summed E-state index contributed by atoms with van der Waals surface area (Å²) in [6.07, 6.45) is 1.68. The normalized spacial score (nSPS) is 11.2. The molecule has 0 fully saturated rings. The molecule has 1 aromatic carbocycles. The number of quaternary nitrogens is 1. The predicted molar refractivity (Wildman–Crippen MR) is 99.0 cm³/mol. The van der Waals surface area contributed by atoms with E-state index in [0.29, 0.717) is 18.1 Å². The molecule has 6 nitrogen and oxygen atoms in total. The summed E-state index contributed by atoms with van der Waals surface area (Å²) in [5.74, 6) is 2.02. The molecule has 6 heteroatoms. The number of carbonyl (C=O) groups is 1. The van der Waals surface area contributed by atoms with Gasteiger partial charge in [-0.25, -0.2) is 0 Å². The topological polar surface area (TPSA) is 77.3 Å². The van der Waals surface area contributed by atoms with Gasteiger partial charge in [-0.1, -0.05) is 0 Å². The minimum atomic E-state index is -0.281. The summed E-state index contributed by atoms with van der Waals surface area (Å²) in [6.45, 7) is 9.80. The molecular weight excluding hydrogens is 332 g/mol. The molecule has 1 aromatic heterocycles. The first-order chi connectivity index (χ1) is 12.4. The van der Waals surface area contributed by atoms with Crippen LogP contribution in [0.3, 0.4) is 0 Å². The summed E-state index contributed by atoms with van der Waals surface area (Å²) in [7, 11) is 0. The van der Waals surface area contributed by atoms with Gasteiger partial charge in [0.2, 0.25) is 0 Å². The van der Waals surface area contributed by atoms with Gasteiger partial charge in [0.15, 0.2) is 23.9 Å². The number of hydrogen-bond acceptors (Lipinski definition) is 4. The second-order valence-electron chi connectivity index (χ2n) is 7.08. The van der Waals surface area contributed by atoms with Gasteiger partial charge in [0.25, 0.3) is 5.91 Å². The van der Waals surface area contributed by atoms with Crippen LogP contribution in [0.1, 0.15) is 39.0 Å². The van der Waals surface area contributed by atoms with Crippen molar-refractivity contribution in [1.82, 2.24) is 5.32 Å². The molecule has 0 spiro atoms. The second-order valence-corrected chi connectivity index (χ2v) is 7.08. The first kappa shape index (κ1) is 19.8. The van der Waals surface area contributed by atoms with Gasteiger partial charge in [-0.3, -0.25) is 4.79 Å². The minimum absolute atomic E-state index is 0.0404. The number of amides is 1. The lowest BCUT2D eigenvalue weighted by Crippen LogP contribution is -2.80. The van der Waals surface area contributed by atoms with Gasteiger partial charge in [0.1, 0.15) is 13.1 Å². The molecule has 0 aliphatic heterocycles. The Kier molecular flexibility index (Phi) is 7.09. The van der Waals surface area contributed by atoms with E-state index in [9.17, 15) is 4.79 Å². The Hall–Kier alpha value is -2.47. The molecule has 0 atom stereocenters. The van der Waals surface area contributed by atoms with Crippen molar-refractivity contribution in [1.29, 1.82) is 0 Å². The fourth-order valence-corrected chi connectivity index (χ4v) is 2.47. The highest BCUT2D eigenvalue weighted by molar-refractivity contribution is 5.78. The highest BCUT2D eigenvalue weighted by Crippen LogP contribution is 2.28. The van der Waals surface area contributed by atoms with Gasteiger partial charge in [0.05, 0.1) is 12.9 Å². The summed E-state index contributed by atoms with van der Waals surface area (Å²) in [5.41, 5.74) is 0.836. The summed E-state index contributed by atoms with van der Waals surface area (Å²) in [4.78, 5) is 11.9.